The van der Waals surface area contributed by atoms with E-state index in [0.29, 0.717) is 34.4 Å². The summed E-state index contributed by atoms with van der Waals surface area (Å²) in [6.45, 7) is 5.85. The lowest BCUT2D eigenvalue weighted by Gasteiger charge is -2.00. The number of ketones is 1. The lowest BCUT2D eigenvalue weighted by Crippen LogP contribution is -2.25. The van der Waals surface area contributed by atoms with Gasteiger partial charge in [0.15, 0.2) is 11.6 Å². The van der Waals surface area contributed by atoms with E-state index in [1.54, 1.807) is 12.1 Å². The summed E-state index contributed by atoms with van der Waals surface area (Å²) >= 11 is 1.19. The molecular weight excluding hydrogens is 290 g/mol. The third-order valence-electron chi connectivity index (χ3n) is 2.79. The molecule has 2 heterocycles. The maximum Gasteiger partial charge on any atom is 0.261 e. The Bertz CT molecular complexity index is 645. The third kappa shape index (κ3) is 3.98. The summed E-state index contributed by atoms with van der Waals surface area (Å²) < 4.78 is 5.09. The lowest BCUT2D eigenvalue weighted by atomic mass is 10.2. The summed E-state index contributed by atoms with van der Waals surface area (Å²) in [6, 6.07) is 3.32. The zero-order valence-corrected chi connectivity index (χ0v) is 13.0. The number of carbonyl (C=O) groups excluding carboxylic acids is 2. The Kier molecular flexibility index (Phi) is 4.85. The second-order valence-corrected chi connectivity index (χ2v) is 6.01. The van der Waals surface area contributed by atoms with Gasteiger partial charge in [0.25, 0.3) is 5.91 Å². The Hall–Kier alpha value is -2.02. The van der Waals surface area contributed by atoms with Gasteiger partial charge in [-0.15, -0.1) is 11.3 Å². The van der Waals surface area contributed by atoms with Crippen molar-refractivity contribution in [3.8, 4) is 0 Å². The number of thiophene rings is 1. The maximum atomic E-state index is 11.9. The molecule has 7 heteroatoms. The molecule has 0 spiro atoms. The Morgan fingerprint density at radius 3 is 2.62 bits per heavy atom. The molecule has 112 valence electrons. The fraction of sp³-hybridized carbons (Fsp3) is 0.429. The molecule has 0 aliphatic rings. The maximum absolute atomic E-state index is 11.9. The highest BCUT2D eigenvalue weighted by Crippen LogP contribution is 2.16. The molecular formula is C14H17N3O3S. The van der Waals surface area contributed by atoms with Crippen molar-refractivity contribution in [2.24, 2.45) is 0 Å². The molecule has 0 saturated carbocycles. The minimum absolute atomic E-state index is 0.0351. The van der Waals surface area contributed by atoms with Crippen molar-refractivity contribution in [2.75, 3.05) is 6.54 Å². The summed E-state index contributed by atoms with van der Waals surface area (Å²) in [5.41, 5.74) is 0. The van der Waals surface area contributed by atoms with Gasteiger partial charge in [0.05, 0.1) is 9.75 Å². The van der Waals surface area contributed by atoms with Crippen LogP contribution in [0.3, 0.4) is 0 Å². The Labute approximate surface area is 126 Å². The average molecular weight is 307 g/mol. The van der Waals surface area contributed by atoms with E-state index in [1.807, 2.05) is 13.8 Å². The summed E-state index contributed by atoms with van der Waals surface area (Å²) in [4.78, 5) is 28.4. The number of hydrogen-bond acceptors (Lipinski definition) is 6. The Balaban J connectivity index is 1.84. The van der Waals surface area contributed by atoms with Gasteiger partial charge in [-0.25, -0.2) is 0 Å². The van der Waals surface area contributed by atoms with Crippen LogP contribution in [0.4, 0.5) is 0 Å². The first-order valence-corrected chi connectivity index (χ1v) is 7.50. The third-order valence-corrected chi connectivity index (χ3v) is 3.97. The van der Waals surface area contributed by atoms with Gasteiger partial charge in [0.2, 0.25) is 5.89 Å². The molecule has 6 nitrogen and oxygen atoms in total. The highest BCUT2D eigenvalue weighted by Gasteiger charge is 2.12. The van der Waals surface area contributed by atoms with Crippen LogP contribution in [0, 0.1) is 0 Å². The van der Waals surface area contributed by atoms with E-state index < -0.39 is 0 Å². The zero-order chi connectivity index (χ0) is 15.4. The number of Topliss-reactive ketones (excluding diaryl/α,β-unsaturated/α-hetero) is 1. The van der Waals surface area contributed by atoms with Crippen molar-refractivity contribution >= 4 is 23.0 Å². The van der Waals surface area contributed by atoms with E-state index in [1.165, 1.54) is 18.3 Å². The monoisotopic (exact) mass is 307 g/mol. The van der Waals surface area contributed by atoms with Crippen molar-refractivity contribution in [3.63, 3.8) is 0 Å². The number of aromatic nitrogens is 2. The molecule has 1 amide bonds. The predicted molar refractivity (Wildman–Crippen MR) is 78.7 cm³/mol. The van der Waals surface area contributed by atoms with Crippen LogP contribution in [0.5, 0.6) is 0 Å². The first kappa shape index (κ1) is 15.4. The summed E-state index contributed by atoms with van der Waals surface area (Å²) in [7, 11) is 0. The average Bonchev–Trinajstić information content (AvgIpc) is 3.07. The van der Waals surface area contributed by atoms with E-state index >= 15 is 0 Å². The van der Waals surface area contributed by atoms with E-state index in [9.17, 15) is 9.59 Å². The molecule has 0 radical (unpaired) electrons. The highest BCUT2D eigenvalue weighted by atomic mass is 32.1. The first-order valence-electron chi connectivity index (χ1n) is 6.69. The molecule has 1 N–H and O–H groups in total. The van der Waals surface area contributed by atoms with Crippen LogP contribution in [-0.2, 0) is 6.42 Å². The van der Waals surface area contributed by atoms with Crippen LogP contribution >= 0.6 is 11.3 Å². The molecule has 0 unspecified atom stereocenters. The number of rotatable bonds is 6. The van der Waals surface area contributed by atoms with Crippen LogP contribution in [0.1, 0.15) is 57.7 Å². The molecule has 0 fully saturated rings. The number of amides is 1. The van der Waals surface area contributed by atoms with Crippen LogP contribution in [0.2, 0.25) is 0 Å². The number of hydrogen-bond donors (Lipinski definition) is 1. The molecule has 2 aromatic heterocycles. The normalized spacial score (nSPS) is 10.9. The summed E-state index contributed by atoms with van der Waals surface area (Å²) in [5, 5.41) is 6.63. The van der Waals surface area contributed by atoms with Gasteiger partial charge < -0.3 is 9.84 Å². The molecule has 0 aliphatic carbocycles. The van der Waals surface area contributed by atoms with E-state index in [0.717, 1.165) is 0 Å². The molecule has 0 aromatic carbocycles. The molecule has 2 rings (SSSR count). The molecule has 2 aromatic rings. The first-order chi connectivity index (χ1) is 9.97. The smallest absolute Gasteiger partial charge is 0.261 e. The Morgan fingerprint density at radius 2 is 2.05 bits per heavy atom. The standard InChI is InChI=1S/C14H17N3O3S/c1-8(2)14-16-12(17-20-14)6-7-15-13(19)11-5-4-10(21-11)9(3)18/h4-5,8H,6-7H2,1-3H3,(H,15,19). The van der Waals surface area contributed by atoms with E-state index in [4.69, 9.17) is 4.52 Å². The van der Waals surface area contributed by atoms with E-state index in [2.05, 4.69) is 15.5 Å². The van der Waals surface area contributed by atoms with Gasteiger partial charge in [-0.3, -0.25) is 9.59 Å². The van der Waals surface area contributed by atoms with Crippen LogP contribution in [-0.4, -0.2) is 28.4 Å². The number of nitrogens with one attached hydrogen (secondary N) is 1. The number of carbonyl (C=O) groups is 2. The van der Waals surface area contributed by atoms with Gasteiger partial charge in [-0.05, 0) is 19.1 Å². The fourth-order valence-corrected chi connectivity index (χ4v) is 2.45. The van der Waals surface area contributed by atoms with Crippen LogP contribution < -0.4 is 5.32 Å². The summed E-state index contributed by atoms with van der Waals surface area (Å²) in [6.07, 6.45) is 0.507. The topological polar surface area (TPSA) is 85.1 Å². The number of nitrogens with zero attached hydrogens (tertiary/aromatic N) is 2. The van der Waals surface area contributed by atoms with Gasteiger partial charge in [-0.1, -0.05) is 19.0 Å². The highest BCUT2D eigenvalue weighted by molar-refractivity contribution is 7.15. The van der Waals surface area contributed by atoms with Crippen molar-refractivity contribution in [1.29, 1.82) is 0 Å². The van der Waals surface area contributed by atoms with Gasteiger partial charge in [-0.2, -0.15) is 4.98 Å². The van der Waals surface area contributed by atoms with Gasteiger partial charge in [0, 0.05) is 18.9 Å². The minimum Gasteiger partial charge on any atom is -0.351 e. The van der Waals surface area contributed by atoms with Gasteiger partial charge in [0.1, 0.15) is 0 Å². The molecule has 0 aliphatic heterocycles. The van der Waals surface area contributed by atoms with Crippen molar-refractivity contribution < 1.29 is 14.1 Å². The second kappa shape index (κ2) is 6.62. The molecule has 21 heavy (non-hydrogen) atoms. The SMILES string of the molecule is CC(=O)c1ccc(C(=O)NCCc2noc(C(C)C)n2)s1. The van der Waals surface area contributed by atoms with Crippen molar-refractivity contribution in [1.82, 2.24) is 15.5 Å². The van der Waals surface area contributed by atoms with Crippen LogP contribution in [0.25, 0.3) is 0 Å². The quantitative estimate of drug-likeness (QED) is 0.828. The summed E-state index contributed by atoms with van der Waals surface area (Å²) in [5.74, 6) is 1.14. The second-order valence-electron chi connectivity index (χ2n) is 4.93. The lowest BCUT2D eigenvalue weighted by molar-refractivity contribution is 0.0957. The van der Waals surface area contributed by atoms with Gasteiger partial charge >= 0.3 is 0 Å². The zero-order valence-electron chi connectivity index (χ0n) is 12.2. The molecule has 0 bridgehead atoms. The van der Waals surface area contributed by atoms with Crippen molar-refractivity contribution in [2.45, 2.75) is 33.1 Å². The Morgan fingerprint density at radius 1 is 1.33 bits per heavy atom. The van der Waals surface area contributed by atoms with Crippen molar-refractivity contribution in [3.05, 3.63) is 33.6 Å². The minimum atomic E-state index is -0.194. The van der Waals surface area contributed by atoms with Crippen LogP contribution in [0.15, 0.2) is 16.7 Å². The largest absolute Gasteiger partial charge is 0.351 e. The predicted octanol–water partition coefficient (Wildman–Crippen LogP) is 2.43. The van der Waals surface area contributed by atoms with E-state index in [-0.39, 0.29) is 17.6 Å². The molecule has 0 saturated heterocycles. The molecule has 0 atom stereocenters. The fourth-order valence-electron chi connectivity index (χ4n) is 1.63.